The number of benzene rings is 2. The minimum atomic E-state index is -0.355. The maximum absolute atomic E-state index is 9.92. The molecule has 1 aliphatic heterocycles. The molecule has 2 nitrogen and oxygen atoms in total. The van der Waals surface area contributed by atoms with Gasteiger partial charge < -0.3 is 10.0 Å². The molecule has 0 saturated heterocycles. The van der Waals surface area contributed by atoms with Gasteiger partial charge in [-0.2, -0.15) is 0 Å². The maximum Gasteiger partial charge on any atom is 0.0787 e. The lowest BCUT2D eigenvalue weighted by Gasteiger charge is -2.35. The summed E-state index contributed by atoms with van der Waals surface area (Å²) >= 11 is 0. The Morgan fingerprint density at radius 2 is 1.86 bits per heavy atom. The second-order valence-corrected chi connectivity index (χ2v) is 6.06. The minimum Gasteiger partial charge on any atom is -0.388 e. The fourth-order valence-electron chi connectivity index (χ4n) is 3.15. The summed E-state index contributed by atoms with van der Waals surface area (Å²) in [4.78, 5) is 2.39. The number of para-hydroxylation sites is 1. The summed E-state index contributed by atoms with van der Waals surface area (Å²) in [5, 5.41) is 9.92. The quantitative estimate of drug-likeness (QED) is 0.898. The van der Waals surface area contributed by atoms with Crippen LogP contribution in [-0.2, 0) is 6.42 Å². The number of rotatable bonds is 3. The lowest BCUT2D eigenvalue weighted by molar-refractivity contribution is 0.173. The number of anilines is 2. The summed E-state index contributed by atoms with van der Waals surface area (Å²) in [6.45, 7) is 5.35. The number of hydrogen-bond donors (Lipinski definition) is 1. The van der Waals surface area contributed by atoms with Crippen molar-refractivity contribution in [2.75, 3.05) is 11.4 Å². The molecule has 0 aliphatic carbocycles. The molecule has 0 amide bonds. The second-order valence-electron chi connectivity index (χ2n) is 6.06. The highest BCUT2D eigenvalue weighted by Gasteiger charge is 2.22. The zero-order chi connectivity index (χ0) is 14.8. The third-order valence-corrected chi connectivity index (χ3v) is 4.32. The Bertz CT molecular complexity index is 605. The second kappa shape index (κ2) is 5.90. The SMILES string of the molecule is CC[C@H](O)c1ccc(N2CC(C)Cc3ccccc32)cc1. The van der Waals surface area contributed by atoms with E-state index in [1.165, 1.54) is 16.9 Å². The lowest BCUT2D eigenvalue weighted by atomic mass is 9.93. The Kier molecular flexibility index (Phi) is 3.98. The van der Waals surface area contributed by atoms with Crippen molar-refractivity contribution in [2.24, 2.45) is 5.92 Å². The highest BCUT2D eigenvalue weighted by Crippen LogP contribution is 2.35. The summed E-state index contributed by atoms with van der Waals surface area (Å²) in [6.07, 6.45) is 1.55. The fraction of sp³-hybridized carbons (Fsp3) is 0.368. The first-order valence-corrected chi connectivity index (χ1v) is 7.82. The van der Waals surface area contributed by atoms with E-state index in [4.69, 9.17) is 0 Å². The van der Waals surface area contributed by atoms with Crippen LogP contribution in [-0.4, -0.2) is 11.7 Å². The third-order valence-electron chi connectivity index (χ3n) is 4.32. The van der Waals surface area contributed by atoms with Crippen molar-refractivity contribution in [1.82, 2.24) is 0 Å². The van der Waals surface area contributed by atoms with E-state index in [1.54, 1.807) is 0 Å². The van der Waals surface area contributed by atoms with E-state index in [2.05, 4.69) is 48.2 Å². The Balaban J connectivity index is 1.93. The van der Waals surface area contributed by atoms with Crippen LogP contribution >= 0.6 is 0 Å². The van der Waals surface area contributed by atoms with Crippen molar-refractivity contribution >= 4 is 11.4 Å². The molecule has 1 heterocycles. The monoisotopic (exact) mass is 281 g/mol. The van der Waals surface area contributed by atoms with E-state index in [1.807, 2.05) is 19.1 Å². The van der Waals surface area contributed by atoms with Crippen molar-refractivity contribution in [1.29, 1.82) is 0 Å². The molecule has 2 atom stereocenters. The largest absolute Gasteiger partial charge is 0.388 e. The first kappa shape index (κ1) is 14.2. The van der Waals surface area contributed by atoms with Crippen LogP contribution < -0.4 is 4.90 Å². The Hall–Kier alpha value is -1.80. The molecule has 0 radical (unpaired) electrons. The van der Waals surface area contributed by atoms with E-state index in [0.29, 0.717) is 5.92 Å². The zero-order valence-corrected chi connectivity index (χ0v) is 12.8. The number of nitrogens with zero attached hydrogens (tertiary/aromatic N) is 1. The van der Waals surface area contributed by atoms with Crippen molar-refractivity contribution in [3.8, 4) is 0 Å². The van der Waals surface area contributed by atoms with Gasteiger partial charge in [0.05, 0.1) is 6.10 Å². The Morgan fingerprint density at radius 3 is 2.57 bits per heavy atom. The average molecular weight is 281 g/mol. The molecule has 0 fully saturated rings. The van der Waals surface area contributed by atoms with E-state index in [9.17, 15) is 5.11 Å². The number of hydrogen-bond acceptors (Lipinski definition) is 2. The standard InChI is InChI=1S/C19H23NO/c1-3-19(21)15-8-10-17(11-9-15)20-13-14(2)12-16-6-4-5-7-18(16)20/h4-11,14,19,21H,3,12-13H2,1-2H3/t14?,19-/m0/s1. The molecular formula is C19H23NO. The predicted octanol–water partition coefficient (Wildman–Crippen LogP) is 4.46. The van der Waals surface area contributed by atoms with E-state index >= 15 is 0 Å². The third kappa shape index (κ3) is 2.81. The van der Waals surface area contributed by atoms with Crippen LogP contribution in [0, 0.1) is 5.92 Å². The van der Waals surface area contributed by atoms with Gasteiger partial charge in [-0.3, -0.25) is 0 Å². The first-order chi connectivity index (χ1) is 10.2. The summed E-state index contributed by atoms with van der Waals surface area (Å²) in [5.41, 5.74) is 4.95. The van der Waals surface area contributed by atoms with Gasteiger partial charge in [0.25, 0.3) is 0 Å². The van der Waals surface area contributed by atoms with Crippen molar-refractivity contribution in [2.45, 2.75) is 32.8 Å². The van der Waals surface area contributed by atoms with Gasteiger partial charge in [-0.25, -0.2) is 0 Å². The average Bonchev–Trinajstić information content (AvgIpc) is 2.53. The van der Waals surface area contributed by atoms with Crippen LogP contribution in [0.3, 0.4) is 0 Å². The van der Waals surface area contributed by atoms with Gasteiger partial charge in [0.2, 0.25) is 0 Å². The molecular weight excluding hydrogens is 258 g/mol. The molecule has 0 saturated carbocycles. The van der Waals surface area contributed by atoms with Crippen molar-refractivity contribution in [3.05, 3.63) is 59.7 Å². The molecule has 2 aromatic carbocycles. The summed E-state index contributed by atoms with van der Waals surface area (Å²) in [7, 11) is 0. The normalized spacial score (nSPS) is 19.2. The van der Waals surface area contributed by atoms with Crippen LogP contribution in [0.15, 0.2) is 48.5 Å². The predicted molar refractivity (Wildman–Crippen MR) is 88.0 cm³/mol. The lowest BCUT2D eigenvalue weighted by Crippen LogP contribution is -2.30. The van der Waals surface area contributed by atoms with Crippen LogP contribution in [0.2, 0.25) is 0 Å². The summed E-state index contributed by atoms with van der Waals surface area (Å²) in [5.74, 6) is 0.654. The summed E-state index contributed by atoms with van der Waals surface area (Å²) in [6, 6.07) is 17.0. The van der Waals surface area contributed by atoms with Gasteiger partial charge >= 0.3 is 0 Å². The fourth-order valence-corrected chi connectivity index (χ4v) is 3.15. The topological polar surface area (TPSA) is 23.5 Å². The molecule has 2 heteroatoms. The molecule has 0 aromatic heterocycles. The zero-order valence-electron chi connectivity index (χ0n) is 12.8. The van der Waals surface area contributed by atoms with Gasteiger partial charge in [-0.15, -0.1) is 0 Å². The number of aliphatic hydroxyl groups excluding tert-OH is 1. The van der Waals surface area contributed by atoms with E-state index in [-0.39, 0.29) is 6.10 Å². The molecule has 1 unspecified atom stereocenters. The molecule has 1 N–H and O–H groups in total. The minimum absolute atomic E-state index is 0.355. The van der Waals surface area contributed by atoms with E-state index < -0.39 is 0 Å². The van der Waals surface area contributed by atoms with Crippen molar-refractivity contribution in [3.63, 3.8) is 0 Å². The molecule has 110 valence electrons. The van der Waals surface area contributed by atoms with Crippen LogP contribution in [0.5, 0.6) is 0 Å². The maximum atomic E-state index is 9.92. The van der Waals surface area contributed by atoms with Gasteiger partial charge in [0, 0.05) is 17.9 Å². The van der Waals surface area contributed by atoms with Crippen LogP contribution in [0.4, 0.5) is 11.4 Å². The first-order valence-electron chi connectivity index (χ1n) is 7.82. The Morgan fingerprint density at radius 1 is 1.14 bits per heavy atom. The van der Waals surface area contributed by atoms with Crippen molar-refractivity contribution < 1.29 is 5.11 Å². The molecule has 3 rings (SSSR count). The Labute approximate surface area is 127 Å². The van der Waals surface area contributed by atoms with Gasteiger partial charge in [-0.05, 0) is 48.1 Å². The van der Waals surface area contributed by atoms with Crippen LogP contribution in [0.25, 0.3) is 0 Å². The summed E-state index contributed by atoms with van der Waals surface area (Å²) < 4.78 is 0. The molecule has 2 aromatic rings. The van der Waals surface area contributed by atoms with Gasteiger partial charge in [0.15, 0.2) is 0 Å². The molecule has 0 bridgehead atoms. The smallest absolute Gasteiger partial charge is 0.0787 e. The number of fused-ring (bicyclic) bond motifs is 1. The number of aliphatic hydroxyl groups is 1. The highest BCUT2D eigenvalue weighted by atomic mass is 16.3. The van der Waals surface area contributed by atoms with Gasteiger partial charge in [-0.1, -0.05) is 44.2 Å². The van der Waals surface area contributed by atoms with Crippen LogP contribution in [0.1, 0.15) is 37.5 Å². The molecule has 0 spiro atoms. The molecule has 1 aliphatic rings. The molecule has 21 heavy (non-hydrogen) atoms. The van der Waals surface area contributed by atoms with E-state index in [0.717, 1.165) is 24.9 Å². The highest BCUT2D eigenvalue weighted by molar-refractivity contribution is 5.68. The van der Waals surface area contributed by atoms with Gasteiger partial charge in [0.1, 0.15) is 0 Å².